The third-order valence-corrected chi connectivity index (χ3v) is 6.38. The molecule has 1 aliphatic heterocycles. The van der Waals surface area contributed by atoms with E-state index in [0.717, 1.165) is 5.56 Å². The highest BCUT2D eigenvalue weighted by molar-refractivity contribution is 7.99. The maximum absolute atomic E-state index is 11.7. The topological polar surface area (TPSA) is 88.1 Å². The molecule has 1 aromatic carbocycles. The number of ether oxygens (including phenoxy) is 4. The number of rotatable bonds is 7. The van der Waals surface area contributed by atoms with Gasteiger partial charge in [-0.15, -0.1) is 11.8 Å². The molecule has 166 valence electrons. The molecule has 0 spiro atoms. The van der Waals surface area contributed by atoms with Crippen LogP contribution in [0, 0.1) is 5.92 Å². The number of carbonyl (C=O) groups is 3. The van der Waals surface area contributed by atoms with Gasteiger partial charge in [0.1, 0.15) is 30.4 Å². The summed E-state index contributed by atoms with van der Waals surface area (Å²) >= 11 is 13.4. The van der Waals surface area contributed by atoms with Crippen molar-refractivity contribution < 1.29 is 33.3 Å². The van der Waals surface area contributed by atoms with E-state index in [-0.39, 0.29) is 6.61 Å². The van der Waals surface area contributed by atoms with Gasteiger partial charge in [0.2, 0.25) is 0 Å². The Kier molecular flexibility index (Phi) is 9.28. The molecule has 0 saturated carbocycles. The Morgan fingerprint density at radius 2 is 1.63 bits per heavy atom. The normalized spacial score (nSPS) is 26.0. The number of halogens is 2. The molecule has 2 rings (SSSR count). The predicted molar refractivity (Wildman–Crippen MR) is 113 cm³/mol. The number of benzene rings is 1. The maximum Gasteiger partial charge on any atom is 0.303 e. The SMILES string of the molecule is CC(=O)OCC1O[C@H](SCc2ccc(Cl)c(Cl)c2)C(OC(C)=O)C(C)C1OC(C)=O. The van der Waals surface area contributed by atoms with Gasteiger partial charge in [-0.25, -0.2) is 0 Å². The van der Waals surface area contributed by atoms with Crippen LogP contribution in [0.2, 0.25) is 10.0 Å². The van der Waals surface area contributed by atoms with Crippen molar-refractivity contribution in [1.29, 1.82) is 0 Å². The van der Waals surface area contributed by atoms with Gasteiger partial charge in [0, 0.05) is 32.4 Å². The van der Waals surface area contributed by atoms with E-state index < -0.39 is 47.6 Å². The molecule has 10 heteroatoms. The second-order valence-electron chi connectivity index (χ2n) is 6.91. The van der Waals surface area contributed by atoms with Gasteiger partial charge in [0.05, 0.1) is 10.0 Å². The molecular weight excluding hydrogens is 455 g/mol. The molecule has 1 aliphatic rings. The highest BCUT2D eigenvalue weighted by atomic mass is 35.5. The number of esters is 3. The Hall–Kier alpha value is -1.48. The van der Waals surface area contributed by atoms with Crippen LogP contribution < -0.4 is 0 Å². The standard InChI is InChI=1S/C20H24Cl2O7S/c1-10-18(27-12(3)24)17(8-26-11(2)23)29-20(19(10)28-13(4)25)30-9-14-5-6-15(21)16(22)7-14/h5-7,10,17-20H,8-9H2,1-4H3/t10?,17?,18?,19?,20-/m1/s1. The molecule has 7 nitrogen and oxygen atoms in total. The molecular formula is C20H24Cl2O7S. The first-order valence-electron chi connectivity index (χ1n) is 9.27. The number of hydrogen-bond donors (Lipinski definition) is 0. The van der Waals surface area contributed by atoms with E-state index in [1.54, 1.807) is 19.1 Å². The van der Waals surface area contributed by atoms with Crippen LogP contribution >= 0.6 is 35.0 Å². The van der Waals surface area contributed by atoms with Crippen LogP contribution in [0.25, 0.3) is 0 Å². The van der Waals surface area contributed by atoms with E-state index >= 15 is 0 Å². The van der Waals surface area contributed by atoms with E-state index in [9.17, 15) is 14.4 Å². The van der Waals surface area contributed by atoms with E-state index in [4.69, 9.17) is 42.1 Å². The second-order valence-corrected chi connectivity index (χ2v) is 8.81. The van der Waals surface area contributed by atoms with Crippen LogP contribution in [0.4, 0.5) is 0 Å². The fourth-order valence-corrected chi connectivity index (χ4v) is 4.68. The molecule has 0 bridgehead atoms. The van der Waals surface area contributed by atoms with Gasteiger partial charge >= 0.3 is 17.9 Å². The van der Waals surface area contributed by atoms with E-state index in [0.29, 0.717) is 15.8 Å². The number of carbonyl (C=O) groups excluding carboxylic acids is 3. The first kappa shape index (κ1) is 24.8. The molecule has 1 aromatic rings. The van der Waals surface area contributed by atoms with Gasteiger partial charge in [-0.2, -0.15) is 0 Å². The van der Waals surface area contributed by atoms with Crippen molar-refractivity contribution in [3.8, 4) is 0 Å². The zero-order chi connectivity index (χ0) is 22.4. The lowest BCUT2D eigenvalue weighted by Gasteiger charge is -2.43. The fourth-order valence-electron chi connectivity index (χ4n) is 3.11. The second kappa shape index (κ2) is 11.2. The fraction of sp³-hybridized carbons (Fsp3) is 0.550. The zero-order valence-corrected chi connectivity index (χ0v) is 19.4. The Morgan fingerprint density at radius 3 is 2.20 bits per heavy atom. The minimum Gasteiger partial charge on any atom is -0.463 e. The monoisotopic (exact) mass is 478 g/mol. The van der Waals surface area contributed by atoms with E-state index in [1.807, 2.05) is 6.07 Å². The zero-order valence-electron chi connectivity index (χ0n) is 17.1. The van der Waals surface area contributed by atoms with Gasteiger partial charge in [0.15, 0.2) is 0 Å². The van der Waals surface area contributed by atoms with Gasteiger partial charge in [0.25, 0.3) is 0 Å². The highest BCUT2D eigenvalue weighted by Crippen LogP contribution is 2.37. The summed E-state index contributed by atoms with van der Waals surface area (Å²) in [4.78, 5) is 34.6. The Morgan fingerprint density at radius 1 is 1.00 bits per heavy atom. The third kappa shape index (κ3) is 7.04. The van der Waals surface area contributed by atoms with Crippen LogP contribution in [-0.2, 0) is 39.1 Å². The Balaban J connectivity index is 2.22. The van der Waals surface area contributed by atoms with Crippen molar-refractivity contribution in [3.05, 3.63) is 33.8 Å². The van der Waals surface area contributed by atoms with Gasteiger partial charge < -0.3 is 18.9 Å². The molecule has 30 heavy (non-hydrogen) atoms. The Bertz CT molecular complexity index is 786. The lowest BCUT2D eigenvalue weighted by molar-refractivity contribution is -0.212. The summed E-state index contributed by atoms with van der Waals surface area (Å²) in [5.41, 5.74) is 0.330. The van der Waals surface area contributed by atoms with Crippen LogP contribution in [-0.4, -0.2) is 48.3 Å². The summed E-state index contributed by atoms with van der Waals surface area (Å²) in [6, 6.07) is 5.29. The first-order valence-corrected chi connectivity index (χ1v) is 11.1. The van der Waals surface area contributed by atoms with Gasteiger partial charge in [-0.05, 0) is 17.7 Å². The van der Waals surface area contributed by atoms with Crippen molar-refractivity contribution in [2.45, 2.75) is 57.2 Å². The Labute approximate surface area is 189 Å². The lowest BCUT2D eigenvalue weighted by Crippen LogP contribution is -2.56. The average Bonchev–Trinajstić information content (AvgIpc) is 2.65. The molecule has 1 heterocycles. The summed E-state index contributed by atoms with van der Waals surface area (Å²) < 4.78 is 22.1. The van der Waals surface area contributed by atoms with Crippen molar-refractivity contribution in [3.63, 3.8) is 0 Å². The van der Waals surface area contributed by atoms with Gasteiger partial charge in [-0.1, -0.05) is 36.2 Å². The lowest BCUT2D eigenvalue weighted by atomic mass is 9.91. The molecule has 0 N–H and O–H groups in total. The number of hydrogen-bond acceptors (Lipinski definition) is 8. The molecule has 0 aromatic heterocycles. The number of thioether (sulfide) groups is 1. The summed E-state index contributed by atoms with van der Waals surface area (Å²) in [5, 5.41) is 0.892. The third-order valence-electron chi connectivity index (χ3n) is 4.43. The quantitative estimate of drug-likeness (QED) is 0.428. The molecule has 0 radical (unpaired) electrons. The van der Waals surface area contributed by atoms with E-state index in [1.165, 1.54) is 32.5 Å². The summed E-state index contributed by atoms with van der Waals surface area (Å²) in [6.07, 6.45) is -2.12. The van der Waals surface area contributed by atoms with Crippen LogP contribution in [0.1, 0.15) is 33.3 Å². The molecule has 4 unspecified atom stereocenters. The van der Waals surface area contributed by atoms with Crippen molar-refractivity contribution >= 4 is 52.9 Å². The largest absolute Gasteiger partial charge is 0.463 e. The molecule has 1 fully saturated rings. The summed E-state index contributed by atoms with van der Waals surface area (Å²) in [5.74, 6) is -1.35. The van der Waals surface area contributed by atoms with Crippen molar-refractivity contribution in [2.75, 3.05) is 6.61 Å². The molecule has 0 aliphatic carbocycles. The molecule has 0 amide bonds. The summed E-state index contributed by atoms with van der Waals surface area (Å²) in [6.45, 7) is 5.58. The molecule has 1 saturated heterocycles. The van der Waals surface area contributed by atoms with Crippen molar-refractivity contribution in [2.24, 2.45) is 5.92 Å². The minimum atomic E-state index is -0.743. The van der Waals surface area contributed by atoms with Crippen LogP contribution in [0.3, 0.4) is 0 Å². The van der Waals surface area contributed by atoms with Crippen LogP contribution in [0.15, 0.2) is 18.2 Å². The highest BCUT2D eigenvalue weighted by Gasteiger charge is 2.47. The average molecular weight is 479 g/mol. The first-order chi connectivity index (χ1) is 14.1. The summed E-state index contributed by atoms with van der Waals surface area (Å²) in [7, 11) is 0. The van der Waals surface area contributed by atoms with Crippen LogP contribution in [0.5, 0.6) is 0 Å². The maximum atomic E-state index is 11.7. The van der Waals surface area contributed by atoms with E-state index in [2.05, 4.69) is 0 Å². The van der Waals surface area contributed by atoms with Gasteiger partial charge in [-0.3, -0.25) is 14.4 Å². The molecule has 5 atom stereocenters. The minimum absolute atomic E-state index is 0.0890. The smallest absolute Gasteiger partial charge is 0.303 e. The predicted octanol–water partition coefficient (Wildman–Crippen LogP) is 4.01. The van der Waals surface area contributed by atoms with Crippen molar-refractivity contribution in [1.82, 2.24) is 0 Å².